The van der Waals surface area contributed by atoms with Gasteiger partial charge in [0.1, 0.15) is 5.82 Å². The first-order valence-electron chi connectivity index (χ1n) is 8.92. The van der Waals surface area contributed by atoms with Crippen LogP contribution >= 0.6 is 11.8 Å². The number of anilines is 1. The number of rotatable bonds is 7. The summed E-state index contributed by atoms with van der Waals surface area (Å²) in [6, 6.07) is 12.9. The summed E-state index contributed by atoms with van der Waals surface area (Å²) in [5.41, 5.74) is 1.82. The van der Waals surface area contributed by atoms with Crippen LogP contribution in [0.25, 0.3) is 0 Å². The average Bonchev–Trinajstić information content (AvgIpc) is 3.11. The molecule has 0 fully saturated rings. The molecule has 0 unspecified atom stereocenters. The Kier molecular flexibility index (Phi) is 6.66. The van der Waals surface area contributed by atoms with Crippen LogP contribution in [0.15, 0.2) is 66.1 Å². The number of carbonyl (C=O) groups is 2. The molecule has 8 heteroatoms. The fraction of sp³-hybridized carbons (Fsp3) is 0.190. The summed E-state index contributed by atoms with van der Waals surface area (Å²) in [5.74, 6) is -0.427. The van der Waals surface area contributed by atoms with Gasteiger partial charge >= 0.3 is 0 Å². The smallest absolute Gasteiger partial charge is 0.253 e. The first-order valence-corrected chi connectivity index (χ1v) is 9.91. The summed E-state index contributed by atoms with van der Waals surface area (Å²) < 4.78 is 15.1. The molecule has 0 aliphatic carbocycles. The zero-order chi connectivity index (χ0) is 20.8. The van der Waals surface area contributed by atoms with E-state index in [1.165, 1.54) is 28.8 Å². The number of hydrogen-bond donors (Lipinski definition) is 1. The lowest BCUT2D eigenvalue weighted by Crippen LogP contribution is -2.26. The molecule has 3 rings (SSSR count). The zero-order valence-electron chi connectivity index (χ0n) is 16.1. The molecule has 1 aromatic heterocycles. The zero-order valence-corrected chi connectivity index (χ0v) is 16.9. The monoisotopic (exact) mass is 412 g/mol. The molecular weight excluding hydrogens is 391 g/mol. The van der Waals surface area contributed by atoms with Gasteiger partial charge in [0.05, 0.1) is 5.75 Å². The SMILES string of the molecule is CN(Cc1cccc(F)c1)C(=O)c1ccc(NC(=O)CSc2nccn2C)cc1. The number of aryl methyl sites for hydroxylation is 1. The second-order valence-electron chi connectivity index (χ2n) is 6.53. The molecule has 0 aliphatic rings. The van der Waals surface area contributed by atoms with Crippen LogP contribution in [0.5, 0.6) is 0 Å². The van der Waals surface area contributed by atoms with Gasteiger partial charge in [0.15, 0.2) is 5.16 Å². The van der Waals surface area contributed by atoms with E-state index in [0.717, 1.165) is 10.7 Å². The van der Waals surface area contributed by atoms with Gasteiger partial charge in [-0.05, 0) is 42.0 Å². The number of amides is 2. The minimum atomic E-state index is -0.329. The Morgan fingerprint density at radius 2 is 1.97 bits per heavy atom. The number of thioether (sulfide) groups is 1. The van der Waals surface area contributed by atoms with Crippen molar-refractivity contribution in [3.8, 4) is 0 Å². The molecule has 6 nitrogen and oxygen atoms in total. The second kappa shape index (κ2) is 9.38. The lowest BCUT2D eigenvalue weighted by atomic mass is 10.1. The summed E-state index contributed by atoms with van der Waals surface area (Å²) in [4.78, 5) is 30.3. The Labute approximate surface area is 172 Å². The molecule has 2 aromatic carbocycles. The molecule has 29 heavy (non-hydrogen) atoms. The Bertz CT molecular complexity index is 1000. The van der Waals surface area contributed by atoms with Crippen molar-refractivity contribution < 1.29 is 14.0 Å². The van der Waals surface area contributed by atoms with Crippen molar-refractivity contribution in [2.24, 2.45) is 7.05 Å². The van der Waals surface area contributed by atoms with E-state index in [-0.39, 0.29) is 23.4 Å². The van der Waals surface area contributed by atoms with Gasteiger partial charge in [-0.15, -0.1) is 0 Å². The Morgan fingerprint density at radius 1 is 1.21 bits per heavy atom. The third-order valence-electron chi connectivity index (χ3n) is 4.18. The van der Waals surface area contributed by atoms with E-state index in [2.05, 4.69) is 10.3 Å². The number of hydrogen-bond acceptors (Lipinski definition) is 4. The van der Waals surface area contributed by atoms with Crippen molar-refractivity contribution >= 4 is 29.3 Å². The third kappa shape index (κ3) is 5.68. The van der Waals surface area contributed by atoms with Gasteiger partial charge in [0.2, 0.25) is 5.91 Å². The number of carbonyl (C=O) groups excluding carboxylic acids is 2. The molecule has 0 saturated carbocycles. The highest BCUT2D eigenvalue weighted by Crippen LogP contribution is 2.16. The van der Waals surface area contributed by atoms with E-state index >= 15 is 0 Å². The molecule has 0 saturated heterocycles. The third-order valence-corrected chi connectivity index (χ3v) is 5.24. The summed E-state index contributed by atoms with van der Waals surface area (Å²) in [7, 11) is 3.53. The van der Waals surface area contributed by atoms with Crippen LogP contribution < -0.4 is 5.32 Å². The molecule has 150 valence electrons. The van der Waals surface area contributed by atoms with Crippen molar-refractivity contribution in [3.05, 3.63) is 77.9 Å². The molecule has 0 aliphatic heterocycles. The van der Waals surface area contributed by atoms with E-state index < -0.39 is 0 Å². The van der Waals surface area contributed by atoms with Gasteiger partial charge < -0.3 is 14.8 Å². The van der Waals surface area contributed by atoms with Crippen molar-refractivity contribution in [1.29, 1.82) is 0 Å². The molecule has 3 aromatic rings. The first-order chi connectivity index (χ1) is 13.9. The summed E-state index contributed by atoms with van der Waals surface area (Å²) in [5, 5.41) is 3.57. The standard InChI is InChI=1S/C21H21FN4O2S/c1-25-11-10-23-21(25)29-14-19(27)24-18-8-6-16(7-9-18)20(28)26(2)13-15-4-3-5-17(22)12-15/h3-12H,13-14H2,1-2H3,(H,24,27). The maximum absolute atomic E-state index is 13.3. The first kappa shape index (κ1) is 20.6. The lowest BCUT2D eigenvalue weighted by Gasteiger charge is -2.17. The van der Waals surface area contributed by atoms with Crippen LogP contribution in [0.1, 0.15) is 15.9 Å². The lowest BCUT2D eigenvalue weighted by molar-refractivity contribution is -0.113. The highest BCUT2D eigenvalue weighted by atomic mass is 32.2. The number of benzene rings is 2. The van der Waals surface area contributed by atoms with E-state index in [4.69, 9.17) is 0 Å². The quantitative estimate of drug-likeness (QED) is 0.603. The van der Waals surface area contributed by atoms with Gasteiger partial charge in [0.25, 0.3) is 5.91 Å². The minimum Gasteiger partial charge on any atom is -0.337 e. The molecule has 0 spiro atoms. The van der Waals surface area contributed by atoms with Gasteiger partial charge in [-0.2, -0.15) is 0 Å². The largest absolute Gasteiger partial charge is 0.337 e. The van der Waals surface area contributed by atoms with Crippen molar-refractivity contribution in [1.82, 2.24) is 14.5 Å². The Balaban J connectivity index is 1.54. The van der Waals surface area contributed by atoms with Crippen LogP contribution in [0.3, 0.4) is 0 Å². The summed E-state index contributed by atoms with van der Waals surface area (Å²) >= 11 is 1.35. The van der Waals surface area contributed by atoms with E-state index in [0.29, 0.717) is 17.8 Å². The van der Waals surface area contributed by atoms with Gasteiger partial charge in [-0.3, -0.25) is 9.59 Å². The number of aromatic nitrogens is 2. The van der Waals surface area contributed by atoms with Crippen molar-refractivity contribution in [3.63, 3.8) is 0 Å². The predicted octanol–water partition coefficient (Wildman–Crippen LogP) is 3.56. The van der Waals surface area contributed by atoms with Crippen LogP contribution in [-0.2, 0) is 18.4 Å². The van der Waals surface area contributed by atoms with E-state index in [1.807, 2.05) is 17.8 Å². The van der Waals surface area contributed by atoms with Crippen LogP contribution in [0, 0.1) is 5.82 Å². The molecule has 1 N–H and O–H groups in total. The van der Waals surface area contributed by atoms with Crippen molar-refractivity contribution in [2.75, 3.05) is 18.1 Å². The number of nitrogens with one attached hydrogen (secondary N) is 1. The molecule has 2 amide bonds. The molecule has 0 radical (unpaired) electrons. The fourth-order valence-corrected chi connectivity index (χ4v) is 3.45. The summed E-state index contributed by atoms with van der Waals surface area (Å²) in [6.45, 7) is 0.305. The normalized spacial score (nSPS) is 10.6. The van der Waals surface area contributed by atoms with Crippen LogP contribution in [-0.4, -0.2) is 39.1 Å². The molecule has 1 heterocycles. The van der Waals surface area contributed by atoms with Gasteiger partial charge in [-0.25, -0.2) is 9.37 Å². The van der Waals surface area contributed by atoms with E-state index in [1.54, 1.807) is 49.6 Å². The topological polar surface area (TPSA) is 67.2 Å². The number of imidazole rings is 1. The van der Waals surface area contributed by atoms with Crippen LogP contribution in [0.2, 0.25) is 0 Å². The van der Waals surface area contributed by atoms with E-state index in [9.17, 15) is 14.0 Å². The molecule has 0 atom stereocenters. The maximum Gasteiger partial charge on any atom is 0.253 e. The molecule has 0 bridgehead atoms. The highest BCUT2D eigenvalue weighted by molar-refractivity contribution is 7.99. The van der Waals surface area contributed by atoms with Gasteiger partial charge in [0, 0.05) is 44.3 Å². The van der Waals surface area contributed by atoms with Crippen LogP contribution in [0.4, 0.5) is 10.1 Å². The highest BCUT2D eigenvalue weighted by Gasteiger charge is 2.13. The molecular formula is C21H21FN4O2S. The Hall–Kier alpha value is -3.13. The Morgan fingerprint density at radius 3 is 2.62 bits per heavy atom. The predicted molar refractivity (Wildman–Crippen MR) is 111 cm³/mol. The average molecular weight is 412 g/mol. The summed E-state index contributed by atoms with van der Waals surface area (Å²) in [6.07, 6.45) is 3.50. The second-order valence-corrected chi connectivity index (χ2v) is 7.47. The number of nitrogens with zero attached hydrogens (tertiary/aromatic N) is 3. The van der Waals surface area contributed by atoms with Crippen molar-refractivity contribution in [2.45, 2.75) is 11.7 Å². The van der Waals surface area contributed by atoms with Gasteiger partial charge in [-0.1, -0.05) is 23.9 Å². The minimum absolute atomic E-state index is 0.153. The number of halogens is 1. The maximum atomic E-state index is 13.3. The fourth-order valence-electron chi connectivity index (χ4n) is 2.72.